The number of rotatable bonds is 2. The number of ketones is 1. The molecule has 1 aromatic rings. The summed E-state index contributed by atoms with van der Waals surface area (Å²) in [5, 5.41) is 11.9. The van der Waals surface area contributed by atoms with Crippen molar-refractivity contribution in [3.63, 3.8) is 0 Å². The van der Waals surface area contributed by atoms with Gasteiger partial charge in [0.1, 0.15) is 5.75 Å². The van der Waals surface area contributed by atoms with Gasteiger partial charge in [0.05, 0.1) is 11.4 Å². The Morgan fingerprint density at radius 2 is 1.96 bits per heavy atom. The van der Waals surface area contributed by atoms with Crippen LogP contribution < -0.4 is 5.32 Å². The maximum atomic E-state index is 12.3. The summed E-state index contributed by atoms with van der Waals surface area (Å²) in [4.78, 5) is 27.1. The zero-order chi connectivity index (χ0) is 19.3. The molecule has 0 atom stereocenters. The van der Waals surface area contributed by atoms with Crippen LogP contribution in [0.4, 0.5) is 18.9 Å². The van der Waals surface area contributed by atoms with E-state index in [0.717, 1.165) is 0 Å². The van der Waals surface area contributed by atoms with Gasteiger partial charge in [-0.05, 0) is 41.5 Å². The quantitative estimate of drug-likeness (QED) is 0.792. The van der Waals surface area contributed by atoms with Gasteiger partial charge in [0.2, 0.25) is 0 Å². The lowest BCUT2D eigenvalue weighted by atomic mass is 9.71. The summed E-state index contributed by atoms with van der Waals surface area (Å²) in [6.45, 7) is 3.24. The van der Waals surface area contributed by atoms with E-state index in [-0.39, 0.29) is 17.1 Å². The van der Waals surface area contributed by atoms with Crippen LogP contribution in [-0.4, -0.2) is 28.7 Å². The number of fused-ring (bicyclic) bond motifs is 2. The molecule has 0 saturated heterocycles. The standard InChI is InChI=1S/C18H15F3N2O3/c1-17(2)11-6-10(24)3-4-13(11)23-14-5-9(15(25)7-12(14)17)8-22-16(26)18(19,20)21/h3-7,25H,8H2,1-2H3,(H,22,26). The van der Waals surface area contributed by atoms with Crippen LogP contribution in [0.15, 0.2) is 40.9 Å². The van der Waals surface area contributed by atoms with E-state index in [1.807, 2.05) is 13.8 Å². The van der Waals surface area contributed by atoms with Gasteiger partial charge in [-0.25, -0.2) is 4.99 Å². The SMILES string of the molecule is CC1(C)C2=CC(=O)C=CC2=Nc2cc(CNC(=O)C(F)(F)F)c(O)cc21. The fourth-order valence-corrected chi connectivity index (χ4v) is 3.02. The molecule has 0 unspecified atom stereocenters. The fraction of sp³-hybridized carbons (Fsp3) is 0.278. The molecule has 0 bridgehead atoms. The van der Waals surface area contributed by atoms with Crippen molar-refractivity contribution in [2.75, 3.05) is 0 Å². The predicted octanol–water partition coefficient (Wildman–Crippen LogP) is 3.00. The van der Waals surface area contributed by atoms with Gasteiger partial charge >= 0.3 is 12.1 Å². The molecule has 1 amide bonds. The second-order valence-corrected chi connectivity index (χ2v) is 6.59. The monoisotopic (exact) mass is 364 g/mol. The molecule has 26 heavy (non-hydrogen) atoms. The van der Waals surface area contributed by atoms with E-state index in [0.29, 0.717) is 22.5 Å². The zero-order valence-corrected chi connectivity index (χ0v) is 13.9. The molecule has 1 aliphatic carbocycles. The van der Waals surface area contributed by atoms with Crippen LogP contribution in [0.5, 0.6) is 5.75 Å². The zero-order valence-electron chi connectivity index (χ0n) is 13.9. The number of phenols is 1. The Morgan fingerprint density at radius 3 is 2.62 bits per heavy atom. The smallest absolute Gasteiger partial charge is 0.471 e. The fourth-order valence-electron chi connectivity index (χ4n) is 3.02. The van der Waals surface area contributed by atoms with Crippen molar-refractivity contribution in [2.45, 2.75) is 32.0 Å². The number of allylic oxidation sites excluding steroid dienone is 4. The maximum Gasteiger partial charge on any atom is 0.471 e. The molecular weight excluding hydrogens is 349 g/mol. The van der Waals surface area contributed by atoms with Crippen LogP contribution in [0.2, 0.25) is 0 Å². The van der Waals surface area contributed by atoms with Crippen molar-refractivity contribution in [3.8, 4) is 5.75 Å². The molecule has 3 rings (SSSR count). The highest BCUT2D eigenvalue weighted by molar-refractivity contribution is 6.22. The van der Waals surface area contributed by atoms with Gasteiger partial charge < -0.3 is 10.4 Å². The van der Waals surface area contributed by atoms with Crippen LogP contribution in [0.1, 0.15) is 25.0 Å². The molecule has 0 spiro atoms. The number of aromatic hydroxyl groups is 1. The van der Waals surface area contributed by atoms with Crippen molar-refractivity contribution in [2.24, 2.45) is 4.99 Å². The first-order valence-electron chi connectivity index (χ1n) is 7.75. The predicted molar refractivity (Wildman–Crippen MR) is 88.4 cm³/mol. The maximum absolute atomic E-state index is 12.3. The molecule has 2 N–H and O–H groups in total. The second kappa shape index (κ2) is 5.82. The number of carbonyl (C=O) groups excluding carboxylic acids is 2. The average Bonchev–Trinajstić information content (AvgIpc) is 2.54. The van der Waals surface area contributed by atoms with Gasteiger partial charge in [0.25, 0.3) is 0 Å². The Balaban J connectivity index is 1.99. The first-order chi connectivity index (χ1) is 12.0. The van der Waals surface area contributed by atoms with Gasteiger partial charge in [-0.2, -0.15) is 13.2 Å². The summed E-state index contributed by atoms with van der Waals surface area (Å²) in [6.07, 6.45) is -0.546. The minimum atomic E-state index is -4.99. The second-order valence-electron chi connectivity index (χ2n) is 6.59. The molecule has 5 nitrogen and oxygen atoms in total. The van der Waals surface area contributed by atoms with Crippen molar-refractivity contribution >= 4 is 23.1 Å². The van der Waals surface area contributed by atoms with Crippen molar-refractivity contribution in [1.29, 1.82) is 0 Å². The summed E-state index contributed by atoms with van der Waals surface area (Å²) < 4.78 is 36.9. The van der Waals surface area contributed by atoms with E-state index in [1.54, 1.807) is 11.4 Å². The Bertz CT molecular complexity index is 909. The number of amides is 1. The van der Waals surface area contributed by atoms with E-state index in [4.69, 9.17) is 0 Å². The van der Waals surface area contributed by atoms with Crippen LogP contribution in [0, 0.1) is 0 Å². The van der Waals surface area contributed by atoms with Gasteiger partial charge in [0, 0.05) is 17.5 Å². The highest BCUT2D eigenvalue weighted by atomic mass is 19.4. The first kappa shape index (κ1) is 17.9. The van der Waals surface area contributed by atoms with Gasteiger partial charge in [-0.1, -0.05) is 13.8 Å². The summed E-state index contributed by atoms with van der Waals surface area (Å²) in [5.41, 5.74) is 1.88. The normalized spacial score (nSPS) is 17.8. The third kappa shape index (κ3) is 3.02. The van der Waals surface area contributed by atoms with E-state index in [9.17, 15) is 27.9 Å². The number of nitrogens with one attached hydrogen (secondary N) is 1. The molecule has 2 aliphatic rings. The molecule has 0 aromatic heterocycles. The molecule has 8 heteroatoms. The Labute approximate surface area is 146 Å². The minimum absolute atomic E-state index is 0.116. The number of aliphatic imine (C=N–C) groups is 1. The van der Waals surface area contributed by atoms with E-state index in [2.05, 4.69) is 4.99 Å². The summed E-state index contributed by atoms with van der Waals surface area (Å²) in [5.74, 6) is -2.50. The number of carbonyl (C=O) groups is 2. The molecule has 1 aliphatic heterocycles. The lowest BCUT2D eigenvalue weighted by molar-refractivity contribution is -0.173. The molecule has 136 valence electrons. The molecule has 0 radical (unpaired) electrons. The van der Waals surface area contributed by atoms with Crippen LogP contribution in [-0.2, 0) is 21.5 Å². The van der Waals surface area contributed by atoms with Crippen LogP contribution >= 0.6 is 0 Å². The molecular formula is C18H15F3N2O3. The number of halogens is 3. The Morgan fingerprint density at radius 1 is 1.27 bits per heavy atom. The number of nitrogens with zero attached hydrogens (tertiary/aromatic N) is 1. The third-order valence-corrected chi connectivity index (χ3v) is 4.45. The van der Waals surface area contributed by atoms with Crippen molar-refractivity contribution in [1.82, 2.24) is 5.32 Å². The van der Waals surface area contributed by atoms with Gasteiger partial charge in [0.15, 0.2) is 5.78 Å². The van der Waals surface area contributed by atoms with E-state index in [1.165, 1.54) is 24.3 Å². The molecule has 1 heterocycles. The number of hydrogen-bond acceptors (Lipinski definition) is 4. The Hall–Kier alpha value is -2.90. The number of alkyl halides is 3. The highest BCUT2D eigenvalue weighted by Gasteiger charge is 2.39. The Kier molecular flexibility index (Phi) is 4.01. The highest BCUT2D eigenvalue weighted by Crippen LogP contribution is 2.45. The largest absolute Gasteiger partial charge is 0.508 e. The lowest BCUT2D eigenvalue weighted by Gasteiger charge is -2.35. The number of benzene rings is 1. The van der Waals surface area contributed by atoms with Crippen molar-refractivity contribution < 1.29 is 27.9 Å². The minimum Gasteiger partial charge on any atom is -0.508 e. The van der Waals surface area contributed by atoms with Gasteiger partial charge in [-0.15, -0.1) is 0 Å². The van der Waals surface area contributed by atoms with Crippen LogP contribution in [0.3, 0.4) is 0 Å². The first-order valence-corrected chi connectivity index (χ1v) is 7.75. The van der Waals surface area contributed by atoms with Crippen LogP contribution in [0.25, 0.3) is 0 Å². The number of hydrogen-bond donors (Lipinski definition) is 2. The van der Waals surface area contributed by atoms with Crippen molar-refractivity contribution in [3.05, 3.63) is 47.1 Å². The summed E-state index contributed by atoms with van der Waals surface area (Å²) in [6, 6.07) is 2.85. The van der Waals surface area contributed by atoms with Gasteiger partial charge in [-0.3, -0.25) is 9.59 Å². The molecule has 0 saturated carbocycles. The molecule has 0 fully saturated rings. The summed E-state index contributed by atoms with van der Waals surface area (Å²) >= 11 is 0. The number of phenolic OH excluding ortho intramolecular Hbond substituents is 1. The van der Waals surface area contributed by atoms with E-state index >= 15 is 0 Å². The third-order valence-electron chi connectivity index (χ3n) is 4.45. The summed E-state index contributed by atoms with van der Waals surface area (Å²) in [7, 11) is 0. The topological polar surface area (TPSA) is 78.8 Å². The average molecular weight is 364 g/mol. The molecule has 1 aromatic carbocycles. The lowest BCUT2D eigenvalue weighted by Crippen LogP contribution is -2.36. The van der Waals surface area contributed by atoms with E-state index < -0.39 is 24.0 Å².